The SMILES string of the molecule is Cc1nn(C)c(C)c1CC(=O)c1ccccc1C(F)(F)F. The lowest BCUT2D eigenvalue weighted by Crippen LogP contribution is -2.15. The number of nitrogens with zero attached hydrogens (tertiary/aromatic N) is 2. The maximum atomic E-state index is 12.9. The summed E-state index contributed by atoms with van der Waals surface area (Å²) >= 11 is 0. The van der Waals surface area contributed by atoms with Gasteiger partial charge in [-0.05, 0) is 19.9 Å². The van der Waals surface area contributed by atoms with Crippen molar-refractivity contribution in [3.05, 3.63) is 52.3 Å². The topological polar surface area (TPSA) is 34.9 Å². The van der Waals surface area contributed by atoms with Crippen LogP contribution in [0, 0.1) is 13.8 Å². The zero-order chi connectivity index (χ0) is 15.8. The van der Waals surface area contributed by atoms with Gasteiger partial charge in [-0.15, -0.1) is 0 Å². The molecule has 0 aliphatic heterocycles. The zero-order valence-corrected chi connectivity index (χ0v) is 12.0. The zero-order valence-electron chi connectivity index (χ0n) is 12.0. The molecule has 0 fully saturated rings. The lowest BCUT2D eigenvalue weighted by molar-refractivity contribution is -0.137. The Morgan fingerprint density at radius 2 is 1.86 bits per heavy atom. The highest BCUT2D eigenvalue weighted by Gasteiger charge is 2.34. The quantitative estimate of drug-likeness (QED) is 0.813. The number of alkyl halides is 3. The van der Waals surface area contributed by atoms with Crippen LogP contribution < -0.4 is 0 Å². The molecule has 0 atom stereocenters. The lowest BCUT2D eigenvalue weighted by Gasteiger charge is -2.11. The number of aryl methyl sites for hydroxylation is 2. The fourth-order valence-electron chi connectivity index (χ4n) is 2.30. The van der Waals surface area contributed by atoms with Crippen LogP contribution in [0.2, 0.25) is 0 Å². The van der Waals surface area contributed by atoms with Crippen molar-refractivity contribution in [3.8, 4) is 0 Å². The maximum absolute atomic E-state index is 12.9. The van der Waals surface area contributed by atoms with Crippen LogP contribution in [0.25, 0.3) is 0 Å². The Hall–Kier alpha value is -2.11. The van der Waals surface area contributed by atoms with Crippen molar-refractivity contribution in [1.82, 2.24) is 9.78 Å². The molecule has 0 radical (unpaired) electrons. The van der Waals surface area contributed by atoms with Crippen molar-refractivity contribution in [2.45, 2.75) is 26.4 Å². The first-order chi connectivity index (χ1) is 9.71. The van der Waals surface area contributed by atoms with E-state index in [4.69, 9.17) is 0 Å². The summed E-state index contributed by atoms with van der Waals surface area (Å²) in [5, 5.41) is 4.17. The van der Waals surface area contributed by atoms with Crippen molar-refractivity contribution in [2.24, 2.45) is 7.05 Å². The predicted molar refractivity (Wildman–Crippen MR) is 72.2 cm³/mol. The highest BCUT2D eigenvalue weighted by molar-refractivity contribution is 5.99. The average Bonchev–Trinajstić information content (AvgIpc) is 2.64. The lowest BCUT2D eigenvalue weighted by atomic mass is 9.97. The van der Waals surface area contributed by atoms with Crippen LogP contribution in [0.5, 0.6) is 0 Å². The van der Waals surface area contributed by atoms with Gasteiger partial charge in [0.2, 0.25) is 0 Å². The molecular formula is C15H15F3N2O. The van der Waals surface area contributed by atoms with Gasteiger partial charge in [0, 0.05) is 30.3 Å². The minimum absolute atomic E-state index is 0.0847. The molecule has 0 bridgehead atoms. The minimum atomic E-state index is -4.54. The molecule has 1 heterocycles. The van der Waals surface area contributed by atoms with Gasteiger partial charge < -0.3 is 0 Å². The van der Waals surface area contributed by atoms with E-state index in [-0.39, 0.29) is 12.0 Å². The van der Waals surface area contributed by atoms with E-state index in [9.17, 15) is 18.0 Å². The van der Waals surface area contributed by atoms with Gasteiger partial charge in [-0.3, -0.25) is 9.48 Å². The van der Waals surface area contributed by atoms with E-state index in [0.29, 0.717) is 11.3 Å². The second-order valence-corrected chi connectivity index (χ2v) is 4.92. The molecule has 112 valence electrons. The molecule has 6 heteroatoms. The molecule has 0 aliphatic carbocycles. The molecule has 3 nitrogen and oxygen atoms in total. The predicted octanol–water partition coefficient (Wildman–Crippen LogP) is 3.48. The van der Waals surface area contributed by atoms with Crippen molar-refractivity contribution < 1.29 is 18.0 Å². The highest BCUT2D eigenvalue weighted by atomic mass is 19.4. The van der Waals surface area contributed by atoms with E-state index in [0.717, 1.165) is 11.8 Å². The first kappa shape index (κ1) is 15.3. The monoisotopic (exact) mass is 296 g/mol. The number of halogens is 3. The maximum Gasteiger partial charge on any atom is 0.417 e. The number of benzene rings is 1. The fraction of sp³-hybridized carbons (Fsp3) is 0.333. The van der Waals surface area contributed by atoms with Crippen molar-refractivity contribution >= 4 is 5.78 Å². The van der Waals surface area contributed by atoms with E-state index >= 15 is 0 Å². The molecule has 21 heavy (non-hydrogen) atoms. The Morgan fingerprint density at radius 1 is 1.24 bits per heavy atom. The summed E-state index contributed by atoms with van der Waals surface area (Å²) in [6, 6.07) is 4.86. The largest absolute Gasteiger partial charge is 0.417 e. The Morgan fingerprint density at radius 3 is 2.38 bits per heavy atom. The fourth-order valence-corrected chi connectivity index (χ4v) is 2.30. The smallest absolute Gasteiger partial charge is 0.294 e. The summed E-state index contributed by atoms with van der Waals surface area (Å²) in [6.45, 7) is 3.53. The molecule has 0 amide bonds. The standard InChI is InChI=1S/C15H15F3N2O/c1-9-12(10(2)20(3)19-9)8-14(21)11-6-4-5-7-13(11)15(16,17)18/h4-7H,8H2,1-3H3. The molecule has 2 rings (SSSR count). The average molecular weight is 296 g/mol. The second kappa shape index (κ2) is 5.35. The van der Waals surface area contributed by atoms with Crippen LogP contribution in [0.1, 0.15) is 32.9 Å². The van der Waals surface area contributed by atoms with Crippen LogP contribution in [0.15, 0.2) is 24.3 Å². The summed E-state index contributed by atoms with van der Waals surface area (Å²) in [5.74, 6) is -0.554. The molecule has 0 saturated heterocycles. The summed E-state index contributed by atoms with van der Waals surface area (Å²) in [4.78, 5) is 12.3. The van der Waals surface area contributed by atoms with Crippen molar-refractivity contribution in [3.63, 3.8) is 0 Å². The van der Waals surface area contributed by atoms with Crippen LogP contribution in [0.4, 0.5) is 13.2 Å². The Balaban J connectivity index is 2.38. The number of rotatable bonds is 3. The first-order valence-corrected chi connectivity index (χ1v) is 6.40. The molecule has 0 aliphatic rings. The molecule has 0 unspecified atom stereocenters. The first-order valence-electron chi connectivity index (χ1n) is 6.40. The number of aromatic nitrogens is 2. The van der Waals surface area contributed by atoms with Gasteiger partial charge in [0.05, 0.1) is 11.3 Å². The minimum Gasteiger partial charge on any atom is -0.294 e. The third-order valence-corrected chi connectivity index (χ3v) is 3.53. The molecular weight excluding hydrogens is 281 g/mol. The Bertz CT molecular complexity index is 687. The number of carbonyl (C=O) groups excluding carboxylic acids is 1. The highest BCUT2D eigenvalue weighted by Crippen LogP contribution is 2.32. The molecule has 2 aromatic rings. The summed E-state index contributed by atoms with van der Waals surface area (Å²) < 4.78 is 40.4. The Kier molecular flexibility index (Phi) is 3.89. The van der Waals surface area contributed by atoms with Crippen LogP contribution >= 0.6 is 0 Å². The Labute approximate surface area is 120 Å². The molecule has 0 spiro atoms. The van der Waals surface area contributed by atoms with Crippen LogP contribution in [-0.4, -0.2) is 15.6 Å². The third-order valence-electron chi connectivity index (χ3n) is 3.53. The van der Waals surface area contributed by atoms with Gasteiger partial charge in [0.15, 0.2) is 5.78 Å². The summed E-state index contributed by atoms with van der Waals surface area (Å²) in [6.07, 6.45) is -4.62. The van der Waals surface area contributed by atoms with E-state index in [1.54, 1.807) is 25.6 Å². The number of carbonyl (C=O) groups is 1. The summed E-state index contributed by atoms with van der Waals surface area (Å²) in [5.41, 5.74) is 0.930. The van der Waals surface area contributed by atoms with Crippen LogP contribution in [0.3, 0.4) is 0 Å². The van der Waals surface area contributed by atoms with E-state index in [1.165, 1.54) is 18.2 Å². The van der Waals surface area contributed by atoms with Gasteiger partial charge in [0.25, 0.3) is 0 Å². The van der Waals surface area contributed by atoms with Gasteiger partial charge in [0.1, 0.15) is 0 Å². The van der Waals surface area contributed by atoms with E-state index in [2.05, 4.69) is 5.10 Å². The van der Waals surface area contributed by atoms with Crippen molar-refractivity contribution in [2.75, 3.05) is 0 Å². The molecule has 1 aromatic carbocycles. The van der Waals surface area contributed by atoms with Gasteiger partial charge in [-0.2, -0.15) is 18.3 Å². The van der Waals surface area contributed by atoms with E-state index in [1.807, 2.05) is 0 Å². The van der Waals surface area contributed by atoms with Gasteiger partial charge in [-0.25, -0.2) is 0 Å². The molecule has 0 saturated carbocycles. The molecule has 0 N–H and O–H groups in total. The van der Waals surface area contributed by atoms with Crippen LogP contribution in [-0.2, 0) is 19.6 Å². The van der Waals surface area contributed by atoms with Gasteiger partial charge >= 0.3 is 6.18 Å². The van der Waals surface area contributed by atoms with Gasteiger partial charge in [-0.1, -0.05) is 18.2 Å². The third kappa shape index (κ3) is 2.99. The number of hydrogen-bond acceptors (Lipinski definition) is 2. The van der Waals surface area contributed by atoms with Crippen molar-refractivity contribution in [1.29, 1.82) is 0 Å². The summed E-state index contributed by atoms with van der Waals surface area (Å²) in [7, 11) is 1.74. The number of Topliss-reactive ketones (excluding diaryl/α,β-unsaturated/α-hetero) is 1. The molecule has 1 aromatic heterocycles. The number of ketones is 1. The second-order valence-electron chi connectivity index (χ2n) is 4.92. The normalized spacial score (nSPS) is 11.7. The van der Waals surface area contributed by atoms with E-state index < -0.39 is 17.5 Å². The number of hydrogen-bond donors (Lipinski definition) is 0.